The number of hydrogen-bond acceptors (Lipinski definition) is 2. The molecule has 2 fully saturated rings. The van der Waals surface area contributed by atoms with E-state index < -0.39 is 0 Å². The van der Waals surface area contributed by atoms with Crippen molar-refractivity contribution in [1.82, 2.24) is 4.90 Å². The van der Waals surface area contributed by atoms with E-state index in [1.807, 2.05) is 0 Å². The third-order valence-corrected chi connectivity index (χ3v) is 3.85. The van der Waals surface area contributed by atoms with Crippen molar-refractivity contribution in [2.24, 2.45) is 5.41 Å². The maximum absolute atomic E-state index is 9.11. The molecule has 0 aromatic carbocycles. The predicted molar refractivity (Wildman–Crippen MR) is 52.2 cm³/mol. The van der Waals surface area contributed by atoms with Crippen LogP contribution in [0, 0.1) is 16.7 Å². The summed E-state index contributed by atoms with van der Waals surface area (Å²) in [5.41, 5.74) is 0.0727. The Labute approximate surface area is 80.5 Å². The second-order valence-electron chi connectivity index (χ2n) is 4.73. The number of likely N-dealkylation sites (tertiary alicyclic amines) is 1. The molecule has 0 aromatic rings. The summed E-state index contributed by atoms with van der Waals surface area (Å²) in [6.45, 7) is 1.23. The van der Waals surface area contributed by atoms with Crippen LogP contribution in [0.3, 0.4) is 0 Å². The maximum Gasteiger partial charge on any atom is 0.0690 e. The molecule has 2 heteroatoms. The highest BCUT2D eigenvalue weighted by Crippen LogP contribution is 2.45. The molecule has 1 aliphatic heterocycles. The molecule has 0 aromatic heterocycles. The molecule has 0 amide bonds. The summed E-state index contributed by atoms with van der Waals surface area (Å²) in [4.78, 5) is 2.43. The zero-order chi connectivity index (χ0) is 9.31. The van der Waals surface area contributed by atoms with E-state index in [4.69, 9.17) is 5.26 Å². The smallest absolute Gasteiger partial charge is 0.0690 e. The van der Waals surface area contributed by atoms with E-state index in [1.54, 1.807) is 0 Å². The zero-order valence-electron chi connectivity index (χ0n) is 8.42. The fourth-order valence-electron chi connectivity index (χ4n) is 2.65. The maximum atomic E-state index is 9.11. The van der Waals surface area contributed by atoms with Gasteiger partial charge in [-0.15, -0.1) is 0 Å². The molecule has 0 bridgehead atoms. The van der Waals surface area contributed by atoms with E-state index in [-0.39, 0.29) is 5.41 Å². The van der Waals surface area contributed by atoms with Crippen LogP contribution in [0.25, 0.3) is 0 Å². The Morgan fingerprint density at radius 1 is 1.46 bits per heavy atom. The molecule has 2 aliphatic rings. The zero-order valence-corrected chi connectivity index (χ0v) is 8.42. The summed E-state index contributed by atoms with van der Waals surface area (Å²) in [6.07, 6.45) is 7.31. The topological polar surface area (TPSA) is 27.0 Å². The van der Waals surface area contributed by atoms with Crippen LogP contribution in [0.4, 0.5) is 0 Å². The third kappa shape index (κ3) is 1.58. The Balaban J connectivity index is 1.93. The quantitative estimate of drug-likeness (QED) is 0.648. The van der Waals surface area contributed by atoms with Crippen LogP contribution in [0.5, 0.6) is 0 Å². The number of nitrogens with zero attached hydrogens (tertiary/aromatic N) is 2. The monoisotopic (exact) mass is 178 g/mol. The summed E-state index contributed by atoms with van der Waals surface area (Å²) < 4.78 is 0. The molecule has 1 aliphatic carbocycles. The second-order valence-corrected chi connectivity index (χ2v) is 4.73. The Morgan fingerprint density at radius 2 is 2.23 bits per heavy atom. The summed E-state index contributed by atoms with van der Waals surface area (Å²) in [6, 6.07) is 3.23. The van der Waals surface area contributed by atoms with E-state index in [9.17, 15) is 0 Å². The molecular weight excluding hydrogens is 160 g/mol. The first-order chi connectivity index (χ1) is 6.26. The van der Waals surface area contributed by atoms with E-state index in [1.165, 1.54) is 25.8 Å². The molecule has 1 unspecified atom stereocenters. The summed E-state index contributed by atoms with van der Waals surface area (Å²) in [7, 11) is 2.20. The first-order valence-electron chi connectivity index (χ1n) is 5.37. The predicted octanol–water partition coefficient (Wildman–Crippen LogP) is 2.16. The average Bonchev–Trinajstić information content (AvgIpc) is 2.44. The fourth-order valence-corrected chi connectivity index (χ4v) is 2.65. The Morgan fingerprint density at radius 3 is 2.62 bits per heavy atom. The van der Waals surface area contributed by atoms with Crippen molar-refractivity contribution >= 4 is 0 Å². The first kappa shape index (κ1) is 9.02. The lowest BCUT2D eigenvalue weighted by molar-refractivity contribution is 0.142. The lowest BCUT2D eigenvalue weighted by Gasteiger charge is -2.38. The minimum atomic E-state index is 0.0727. The average molecular weight is 178 g/mol. The normalized spacial score (nSPS) is 32.5. The highest BCUT2D eigenvalue weighted by molar-refractivity contribution is 5.06. The molecule has 0 N–H and O–H groups in total. The van der Waals surface area contributed by atoms with Crippen LogP contribution in [-0.2, 0) is 0 Å². The molecule has 2 nitrogen and oxygen atoms in total. The molecule has 13 heavy (non-hydrogen) atoms. The summed E-state index contributed by atoms with van der Waals surface area (Å²) in [5.74, 6) is 0. The lowest BCUT2D eigenvalue weighted by atomic mass is 9.66. The van der Waals surface area contributed by atoms with Crippen LogP contribution in [0.1, 0.15) is 38.5 Å². The van der Waals surface area contributed by atoms with E-state index in [2.05, 4.69) is 18.0 Å². The van der Waals surface area contributed by atoms with Gasteiger partial charge in [0.15, 0.2) is 0 Å². The molecule has 1 heterocycles. The number of hydrogen-bond donors (Lipinski definition) is 0. The van der Waals surface area contributed by atoms with Gasteiger partial charge in [-0.1, -0.05) is 6.42 Å². The van der Waals surface area contributed by atoms with Gasteiger partial charge in [-0.05, 0) is 45.7 Å². The molecule has 72 valence electrons. The first-order valence-corrected chi connectivity index (χ1v) is 5.37. The van der Waals surface area contributed by atoms with Gasteiger partial charge in [0, 0.05) is 6.04 Å². The molecule has 1 saturated heterocycles. The van der Waals surface area contributed by atoms with E-state index >= 15 is 0 Å². The molecule has 1 saturated carbocycles. The van der Waals surface area contributed by atoms with Crippen LogP contribution in [-0.4, -0.2) is 24.5 Å². The fraction of sp³-hybridized carbons (Fsp3) is 0.909. The molecule has 0 spiro atoms. The summed E-state index contributed by atoms with van der Waals surface area (Å²) >= 11 is 0. The van der Waals surface area contributed by atoms with Gasteiger partial charge >= 0.3 is 0 Å². The molecular formula is C11H18N2. The van der Waals surface area contributed by atoms with Gasteiger partial charge in [0.05, 0.1) is 11.5 Å². The molecule has 2 rings (SSSR count). The second kappa shape index (κ2) is 3.31. The molecule has 1 atom stereocenters. The van der Waals surface area contributed by atoms with Gasteiger partial charge in [-0.3, -0.25) is 0 Å². The van der Waals surface area contributed by atoms with E-state index in [0.717, 1.165) is 19.3 Å². The van der Waals surface area contributed by atoms with Gasteiger partial charge in [0.2, 0.25) is 0 Å². The van der Waals surface area contributed by atoms with Crippen LogP contribution in [0.15, 0.2) is 0 Å². The highest BCUT2D eigenvalue weighted by atomic mass is 15.1. The number of nitriles is 1. The van der Waals surface area contributed by atoms with Crippen molar-refractivity contribution in [1.29, 1.82) is 5.26 Å². The van der Waals surface area contributed by atoms with Crippen molar-refractivity contribution < 1.29 is 0 Å². The SMILES string of the molecule is CN1CCCC1CC1(C#N)CCC1. The number of rotatable bonds is 2. The van der Waals surface area contributed by atoms with Crippen LogP contribution >= 0.6 is 0 Å². The minimum absolute atomic E-state index is 0.0727. The van der Waals surface area contributed by atoms with Crippen molar-refractivity contribution in [2.45, 2.75) is 44.6 Å². The van der Waals surface area contributed by atoms with E-state index in [0.29, 0.717) is 6.04 Å². The van der Waals surface area contributed by atoms with Gasteiger partial charge < -0.3 is 4.90 Å². The minimum Gasteiger partial charge on any atom is -0.303 e. The Hall–Kier alpha value is -0.550. The van der Waals surface area contributed by atoms with Crippen molar-refractivity contribution in [3.63, 3.8) is 0 Å². The van der Waals surface area contributed by atoms with Crippen LogP contribution < -0.4 is 0 Å². The largest absolute Gasteiger partial charge is 0.303 e. The Kier molecular flexibility index (Phi) is 2.29. The third-order valence-electron chi connectivity index (χ3n) is 3.85. The highest BCUT2D eigenvalue weighted by Gasteiger charge is 2.40. The van der Waals surface area contributed by atoms with Crippen molar-refractivity contribution in [3.8, 4) is 6.07 Å². The van der Waals surface area contributed by atoms with Gasteiger partial charge in [-0.2, -0.15) is 5.26 Å². The summed E-state index contributed by atoms with van der Waals surface area (Å²) in [5, 5.41) is 9.11. The standard InChI is InChI=1S/C11H18N2/c1-13-7-2-4-10(13)8-11(9-12)5-3-6-11/h10H,2-8H2,1H3. The van der Waals surface area contributed by atoms with Gasteiger partial charge in [0.25, 0.3) is 0 Å². The van der Waals surface area contributed by atoms with Gasteiger partial charge in [0.1, 0.15) is 0 Å². The molecule has 0 radical (unpaired) electrons. The Bertz CT molecular complexity index is 225. The van der Waals surface area contributed by atoms with Crippen molar-refractivity contribution in [2.75, 3.05) is 13.6 Å². The van der Waals surface area contributed by atoms with Gasteiger partial charge in [-0.25, -0.2) is 0 Å². The van der Waals surface area contributed by atoms with Crippen LogP contribution in [0.2, 0.25) is 0 Å². The van der Waals surface area contributed by atoms with Crippen molar-refractivity contribution in [3.05, 3.63) is 0 Å². The lowest BCUT2D eigenvalue weighted by Crippen LogP contribution is -2.36.